The zero-order chi connectivity index (χ0) is 16.5. The van der Waals surface area contributed by atoms with Gasteiger partial charge in [0.1, 0.15) is 12.1 Å². The summed E-state index contributed by atoms with van der Waals surface area (Å²) in [4.78, 5) is 0. The molecule has 0 unspecified atom stereocenters. The Hall–Kier alpha value is -1.30. The van der Waals surface area contributed by atoms with Crippen LogP contribution in [0.2, 0.25) is 0 Å². The van der Waals surface area contributed by atoms with Crippen LogP contribution in [0, 0.1) is 0 Å². The molecule has 23 heavy (non-hydrogen) atoms. The Morgan fingerprint density at radius 2 is 1.91 bits per heavy atom. The van der Waals surface area contributed by atoms with Gasteiger partial charge in [-0.3, -0.25) is 0 Å². The van der Waals surface area contributed by atoms with Gasteiger partial charge in [0, 0.05) is 12.8 Å². The minimum Gasteiger partial charge on any atom is -0.493 e. The van der Waals surface area contributed by atoms with Crippen molar-refractivity contribution in [3.8, 4) is 11.5 Å². The highest BCUT2D eigenvalue weighted by Gasteiger charge is 2.51. The second kappa shape index (κ2) is 6.30. The van der Waals surface area contributed by atoms with E-state index in [0.29, 0.717) is 12.5 Å². The molecule has 5 heteroatoms. The molecule has 1 saturated heterocycles. The number of quaternary nitrogens is 1. The molecule has 2 aliphatic rings. The summed E-state index contributed by atoms with van der Waals surface area (Å²) in [6.45, 7) is 2.86. The Kier molecular flexibility index (Phi) is 4.54. The van der Waals surface area contributed by atoms with Gasteiger partial charge in [-0.05, 0) is 43.4 Å². The van der Waals surface area contributed by atoms with Gasteiger partial charge in [0.15, 0.2) is 11.5 Å². The summed E-state index contributed by atoms with van der Waals surface area (Å²) >= 11 is 0. The third-order valence-corrected chi connectivity index (χ3v) is 5.37. The minimum absolute atomic E-state index is 0.134. The highest BCUT2D eigenvalue weighted by Crippen LogP contribution is 2.41. The van der Waals surface area contributed by atoms with Gasteiger partial charge in [-0.15, -0.1) is 0 Å². The van der Waals surface area contributed by atoms with E-state index in [9.17, 15) is 5.11 Å². The molecular formula is C18H28NO4+. The van der Waals surface area contributed by atoms with E-state index in [2.05, 4.69) is 24.4 Å². The van der Waals surface area contributed by atoms with Crippen molar-refractivity contribution in [2.24, 2.45) is 0 Å². The summed E-state index contributed by atoms with van der Waals surface area (Å²) < 4.78 is 16.8. The van der Waals surface area contributed by atoms with Gasteiger partial charge in [-0.2, -0.15) is 0 Å². The molecule has 2 fully saturated rings. The lowest BCUT2D eigenvalue weighted by Crippen LogP contribution is -3.03. The van der Waals surface area contributed by atoms with E-state index in [1.54, 1.807) is 14.2 Å². The van der Waals surface area contributed by atoms with Crippen LogP contribution in [-0.4, -0.2) is 43.8 Å². The number of aliphatic hydroxyl groups excluding tert-OH is 1. The van der Waals surface area contributed by atoms with Gasteiger partial charge < -0.3 is 24.6 Å². The molecule has 0 bridgehead atoms. The molecule has 3 N–H and O–H groups in total. The molecule has 3 rings (SSSR count). The molecule has 5 nitrogen and oxygen atoms in total. The minimum atomic E-state index is -0.184. The molecule has 0 amide bonds. The topological polar surface area (TPSA) is 64.5 Å². The number of rotatable bonds is 4. The van der Waals surface area contributed by atoms with Crippen LogP contribution in [0.5, 0.6) is 11.5 Å². The van der Waals surface area contributed by atoms with Gasteiger partial charge in [0.05, 0.1) is 20.8 Å². The molecule has 1 saturated carbocycles. The van der Waals surface area contributed by atoms with Gasteiger partial charge in [0.25, 0.3) is 0 Å². The first-order valence-corrected chi connectivity index (χ1v) is 8.37. The van der Waals surface area contributed by atoms with Gasteiger partial charge in [0.2, 0.25) is 5.72 Å². The molecule has 1 aromatic rings. The molecule has 1 atom stereocenters. The maximum atomic E-state index is 9.54. The first-order valence-electron chi connectivity index (χ1n) is 8.37. The van der Waals surface area contributed by atoms with Gasteiger partial charge >= 0.3 is 0 Å². The third-order valence-electron chi connectivity index (χ3n) is 5.37. The Balaban J connectivity index is 1.68. The number of hydrogen-bond acceptors (Lipinski definition) is 4. The Morgan fingerprint density at radius 3 is 2.48 bits per heavy atom. The Morgan fingerprint density at radius 1 is 1.22 bits per heavy atom. The van der Waals surface area contributed by atoms with Crippen LogP contribution in [-0.2, 0) is 4.74 Å². The lowest BCUT2D eigenvalue weighted by Gasteiger charge is -2.35. The summed E-state index contributed by atoms with van der Waals surface area (Å²) in [7, 11) is 3.34. The second-order valence-electron chi connectivity index (χ2n) is 7.20. The van der Waals surface area contributed by atoms with E-state index in [0.717, 1.165) is 37.2 Å². The first-order chi connectivity index (χ1) is 11.0. The molecule has 128 valence electrons. The van der Waals surface area contributed by atoms with Crippen LogP contribution in [0.1, 0.15) is 44.1 Å². The van der Waals surface area contributed by atoms with Crippen molar-refractivity contribution in [1.29, 1.82) is 0 Å². The fourth-order valence-corrected chi connectivity index (χ4v) is 3.95. The van der Waals surface area contributed by atoms with Crippen LogP contribution in [0.25, 0.3) is 0 Å². The van der Waals surface area contributed by atoms with E-state index < -0.39 is 0 Å². The van der Waals surface area contributed by atoms with E-state index in [-0.39, 0.29) is 17.9 Å². The number of methoxy groups -OCH3 is 2. The van der Waals surface area contributed by atoms with Crippen molar-refractivity contribution in [1.82, 2.24) is 0 Å². The number of nitrogens with two attached hydrogens (primary N) is 1. The van der Waals surface area contributed by atoms with Crippen molar-refractivity contribution in [2.45, 2.75) is 49.8 Å². The van der Waals surface area contributed by atoms with E-state index in [1.807, 2.05) is 6.07 Å². The van der Waals surface area contributed by atoms with Crippen LogP contribution in [0.4, 0.5) is 0 Å². The van der Waals surface area contributed by atoms with Gasteiger partial charge in [-0.1, -0.05) is 6.07 Å². The summed E-state index contributed by atoms with van der Waals surface area (Å²) in [6, 6.07) is 6.22. The van der Waals surface area contributed by atoms with Crippen molar-refractivity contribution < 1.29 is 24.6 Å². The Labute approximate surface area is 137 Å². The predicted molar refractivity (Wildman–Crippen MR) is 86.9 cm³/mol. The SMILES string of the molecule is COc1ccc(C2CCC3(CC2)[NH2+][C@@](C)(CO)CO3)cc1OC. The molecule has 1 aliphatic carbocycles. The van der Waals surface area contributed by atoms with Crippen LogP contribution >= 0.6 is 0 Å². The smallest absolute Gasteiger partial charge is 0.200 e. The van der Waals surface area contributed by atoms with Crippen LogP contribution in [0.3, 0.4) is 0 Å². The van der Waals surface area contributed by atoms with Crippen molar-refractivity contribution in [3.63, 3.8) is 0 Å². The predicted octanol–water partition coefficient (Wildman–Crippen LogP) is 1.40. The first kappa shape index (κ1) is 16.6. The summed E-state index contributed by atoms with van der Waals surface area (Å²) in [5.41, 5.74) is 0.987. The standard InChI is InChI=1S/C18H27NO4/c1-17(11-20)12-23-18(19-17)8-6-13(7-9-18)14-4-5-15(21-2)16(10-14)22-3/h4-5,10,13,19-20H,6-9,11-12H2,1-3H3/p+1/t13?,17-,18?/m0/s1. The average Bonchev–Trinajstić information content (AvgIpc) is 2.92. The zero-order valence-electron chi connectivity index (χ0n) is 14.3. The van der Waals surface area contributed by atoms with Gasteiger partial charge in [-0.25, -0.2) is 0 Å². The third kappa shape index (κ3) is 3.18. The van der Waals surface area contributed by atoms with Crippen molar-refractivity contribution in [3.05, 3.63) is 23.8 Å². The molecule has 1 aliphatic heterocycles. The quantitative estimate of drug-likeness (QED) is 0.879. The largest absolute Gasteiger partial charge is 0.493 e. The molecule has 1 spiro atoms. The van der Waals surface area contributed by atoms with Crippen LogP contribution in [0.15, 0.2) is 18.2 Å². The normalized spacial score (nSPS) is 33.8. The number of aliphatic hydroxyl groups is 1. The number of benzene rings is 1. The average molecular weight is 322 g/mol. The monoisotopic (exact) mass is 322 g/mol. The molecule has 1 aromatic carbocycles. The van der Waals surface area contributed by atoms with E-state index in [1.165, 1.54) is 5.56 Å². The fraction of sp³-hybridized carbons (Fsp3) is 0.667. The number of hydrogen-bond donors (Lipinski definition) is 2. The maximum absolute atomic E-state index is 9.54. The van der Waals surface area contributed by atoms with Crippen molar-refractivity contribution in [2.75, 3.05) is 27.4 Å². The summed E-state index contributed by atoms with van der Waals surface area (Å²) in [6.07, 6.45) is 4.21. The lowest BCUT2D eigenvalue weighted by molar-refractivity contribution is -0.787. The molecule has 0 radical (unpaired) electrons. The summed E-state index contributed by atoms with van der Waals surface area (Å²) in [5, 5.41) is 11.8. The molecule has 1 heterocycles. The fourth-order valence-electron chi connectivity index (χ4n) is 3.95. The second-order valence-corrected chi connectivity index (χ2v) is 7.20. The van der Waals surface area contributed by atoms with E-state index >= 15 is 0 Å². The maximum Gasteiger partial charge on any atom is 0.200 e. The summed E-state index contributed by atoms with van der Waals surface area (Å²) in [5.74, 6) is 2.09. The Bertz CT molecular complexity index is 554. The number of ether oxygens (including phenoxy) is 3. The molecule has 0 aromatic heterocycles. The highest BCUT2D eigenvalue weighted by atomic mass is 16.5. The molecular weight excluding hydrogens is 294 g/mol. The van der Waals surface area contributed by atoms with Crippen LogP contribution < -0.4 is 14.8 Å². The zero-order valence-corrected chi connectivity index (χ0v) is 14.3. The highest BCUT2D eigenvalue weighted by molar-refractivity contribution is 5.44. The van der Waals surface area contributed by atoms with Crippen molar-refractivity contribution >= 4 is 0 Å². The lowest BCUT2D eigenvalue weighted by atomic mass is 9.79. The van der Waals surface area contributed by atoms with E-state index in [4.69, 9.17) is 14.2 Å².